The zero-order chi connectivity index (χ0) is 22.3. The summed E-state index contributed by atoms with van der Waals surface area (Å²) in [5, 5.41) is 3.24. The van der Waals surface area contributed by atoms with E-state index in [2.05, 4.69) is 10.0 Å². The molecule has 0 bridgehead atoms. The lowest BCUT2D eigenvalue weighted by atomic mass is 10.2. The highest BCUT2D eigenvalue weighted by molar-refractivity contribution is 7.92. The van der Waals surface area contributed by atoms with Crippen LogP contribution in [0.5, 0.6) is 5.75 Å². The fourth-order valence-electron chi connectivity index (χ4n) is 2.80. The van der Waals surface area contributed by atoms with Crippen LogP contribution in [0.3, 0.4) is 0 Å². The fraction of sp³-hybridized carbons (Fsp3) is 0.174. The van der Waals surface area contributed by atoms with Crippen LogP contribution in [0.15, 0.2) is 77.7 Å². The van der Waals surface area contributed by atoms with E-state index in [-0.39, 0.29) is 10.8 Å². The number of carbonyl (C=O) groups excluding carboxylic acids is 1. The lowest BCUT2D eigenvalue weighted by molar-refractivity contribution is -0.116. The molecular formula is C23H23ClN2O4S. The molecule has 0 saturated carbocycles. The summed E-state index contributed by atoms with van der Waals surface area (Å²) in [7, 11) is -3.78. The maximum absolute atomic E-state index is 12.6. The van der Waals surface area contributed by atoms with Crippen LogP contribution < -0.4 is 14.8 Å². The van der Waals surface area contributed by atoms with E-state index in [9.17, 15) is 13.2 Å². The number of hydrogen-bond donors (Lipinski definition) is 2. The third-order valence-electron chi connectivity index (χ3n) is 4.52. The zero-order valence-electron chi connectivity index (χ0n) is 17.0. The van der Waals surface area contributed by atoms with E-state index in [1.54, 1.807) is 37.3 Å². The average Bonchev–Trinajstić information content (AvgIpc) is 2.75. The number of nitrogens with one attached hydrogen (secondary N) is 2. The van der Waals surface area contributed by atoms with E-state index >= 15 is 0 Å². The van der Waals surface area contributed by atoms with E-state index in [1.165, 1.54) is 12.1 Å². The fourth-order valence-corrected chi connectivity index (χ4v) is 4.10. The number of ether oxygens (including phenoxy) is 1. The number of halogens is 1. The van der Waals surface area contributed by atoms with Gasteiger partial charge in [-0.3, -0.25) is 9.52 Å². The molecule has 6 nitrogen and oxygen atoms in total. The van der Waals surface area contributed by atoms with E-state index in [1.807, 2.05) is 30.3 Å². The van der Waals surface area contributed by atoms with Crippen molar-refractivity contribution in [1.82, 2.24) is 0 Å². The minimum Gasteiger partial charge on any atom is -0.494 e. The second-order valence-electron chi connectivity index (χ2n) is 6.86. The second kappa shape index (κ2) is 10.3. The molecule has 0 radical (unpaired) electrons. The van der Waals surface area contributed by atoms with E-state index < -0.39 is 10.0 Å². The predicted molar refractivity (Wildman–Crippen MR) is 123 cm³/mol. The van der Waals surface area contributed by atoms with Crippen LogP contribution in [0.25, 0.3) is 0 Å². The first kappa shape index (κ1) is 22.7. The first-order chi connectivity index (χ1) is 14.8. The Morgan fingerprint density at radius 2 is 1.68 bits per heavy atom. The lowest BCUT2D eigenvalue weighted by Crippen LogP contribution is -2.15. The Labute approximate surface area is 187 Å². The smallest absolute Gasteiger partial charge is 0.261 e. The predicted octanol–water partition coefficient (Wildman–Crippen LogP) is 5.25. The van der Waals surface area contributed by atoms with E-state index in [4.69, 9.17) is 16.3 Å². The molecule has 31 heavy (non-hydrogen) atoms. The standard InChI is InChI=1S/C23H23ClN2O4S/c1-17-21(24)9-5-10-22(17)26-31(28,29)20-14-12-18(13-15-20)25-23(27)11-6-16-30-19-7-3-2-4-8-19/h2-5,7-10,12-15,26H,6,11,16H2,1H3,(H,25,27). The van der Waals surface area contributed by atoms with Crippen molar-refractivity contribution in [2.75, 3.05) is 16.6 Å². The van der Waals surface area contributed by atoms with Gasteiger partial charge in [0.05, 0.1) is 17.2 Å². The maximum atomic E-state index is 12.6. The number of anilines is 2. The number of amides is 1. The largest absolute Gasteiger partial charge is 0.494 e. The summed E-state index contributed by atoms with van der Waals surface area (Å²) < 4.78 is 33.4. The van der Waals surface area contributed by atoms with Gasteiger partial charge in [0.25, 0.3) is 10.0 Å². The number of hydrogen-bond acceptors (Lipinski definition) is 4. The topological polar surface area (TPSA) is 84.5 Å². The summed E-state index contributed by atoms with van der Waals surface area (Å²) in [5.41, 5.74) is 1.59. The van der Waals surface area contributed by atoms with Crippen molar-refractivity contribution in [3.05, 3.63) is 83.4 Å². The molecule has 162 valence electrons. The summed E-state index contributed by atoms with van der Waals surface area (Å²) >= 11 is 6.05. The molecule has 3 rings (SSSR count). The van der Waals surface area contributed by atoms with Gasteiger partial charge in [0.2, 0.25) is 5.91 Å². The van der Waals surface area contributed by atoms with Gasteiger partial charge in [0.1, 0.15) is 5.75 Å². The van der Waals surface area contributed by atoms with Gasteiger partial charge in [-0.2, -0.15) is 0 Å². The van der Waals surface area contributed by atoms with Crippen molar-refractivity contribution in [3.63, 3.8) is 0 Å². The van der Waals surface area contributed by atoms with E-state index in [0.717, 1.165) is 5.75 Å². The van der Waals surface area contributed by atoms with E-state index in [0.29, 0.717) is 41.4 Å². The van der Waals surface area contributed by atoms with Gasteiger partial charge in [0.15, 0.2) is 0 Å². The summed E-state index contributed by atoms with van der Waals surface area (Å²) in [6.07, 6.45) is 0.860. The molecule has 8 heteroatoms. The second-order valence-corrected chi connectivity index (χ2v) is 8.95. The average molecular weight is 459 g/mol. The monoisotopic (exact) mass is 458 g/mol. The Morgan fingerprint density at radius 3 is 2.39 bits per heavy atom. The summed E-state index contributed by atoms with van der Waals surface area (Å²) in [6.45, 7) is 2.17. The van der Waals surface area contributed by atoms with Gasteiger partial charge in [-0.05, 0) is 67.4 Å². The van der Waals surface area contributed by atoms with Crippen molar-refractivity contribution in [1.29, 1.82) is 0 Å². The van der Waals surface area contributed by atoms with Crippen LogP contribution in [-0.4, -0.2) is 20.9 Å². The Kier molecular flexibility index (Phi) is 7.55. The van der Waals surface area contributed by atoms with Gasteiger partial charge in [-0.15, -0.1) is 0 Å². The van der Waals surface area contributed by atoms with Crippen LogP contribution in [-0.2, 0) is 14.8 Å². The first-order valence-electron chi connectivity index (χ1n) is 9.71. The maximum Gasteiger partial charge on any atom is 0.261 e. The van der Waals surface area contributed by atoms with Crippen molar-refractivity contribution in [2.24, 2.45) is 0 Å². The lowest BCUT2D eigenvalue weighted by Gasteiger charge is -2.12. The molecule has 2 N–H and O–H groups in total. The Bertz CT molecular complexity index is 1130. The Balaban J connectivity index is 1.52. The summed E-state index contributed by atoms with van der Waals surface area (Å²) in [6, 6.07) is 20.4. The molecule has 3 aromatic rings. The molecule has 0 unspecified atom stereocenters. The highest BCUT2D eigenvalue weighted by atomic mass is 35.5. The number of rotatable bonds is 9. The summed E-state index contributed by atoms with van der Waals surface area (Å²) in [5.74, 6) is 0.598. The molecular weight excluding hydrogens is 436 g/mol. The van der Waals surface area contributed by atoms with Crippen molar-refractivity contribution >= 4 is 38.9 Å². The number of benzene rings is 3. The van der Waals surface area contributed by atoms with Crippen molar-refractivity contribution < 1.29 is 17.9 Å². The highest BCUT2D eigenvalue weighted by Crippen LogP contribution is 2.26. The minimum absolute atomic E-state index is 0.0844. The molecule has 0 fully saturated rings. The van der Waals surface area contributed by atoms with Gasteiger partial charge in [-0.1, -0.05) is 35.9 Å². The van der Waals surface area contributed by atoms with Gasteiger partial charge in [-0.25, -0.2) is 8.42 Å². The Hall–Kier alpha value is -3.03. The highest BCUT2D eigenvalue weighted by Gasteiger charge is 2.16. The van der Waals surface area contributed by atoms with Crippen LogP contribution in [0.2, 0.25) is 5.02 Å². The SMILES string of the molecule is Cc1c(Cl)cccc1NS(=O)(=O)c1ccc(NC(=O)CCCOc2ccccc2)cc1. The molecule has 0 spiro atoms. The van der Waals surface area contributed by atoms with Crippen LogP contribution in [0.4, 0.5) is 11.4 Å². The molecule has 1 amide bonds. The van der Waals surface area contributed by atoms with Gasteiger partial charge >= 0.3 is 0 Å². The molecule has 0 saturated heterocycles. The summed E-state index contributed by atoms with van der Waals surface area (Å²) in [4.78, 5) is 12.2. The zero-order valence-corrected chi connectivity index (χ0v) is 18.5. The third-order valence-corrected chi connectivity index (χ3v) is 6.31. The molecule has 0 heterocycles. The van der Waals surface area contributed by atoms with Crippen molar-refractivity contribution in [2.45, 2.75) is 24.7 Å². The third kappa shape index (κ3) is 6.47. The normalized spacial score (nSPS) is 11.0. The van der Waals surface area contributed by atoms with Gasteiger partial charge < -0.3 is 10.1 Å². The number of sulfonamides is 1. The molecule has 0 aliphatic rings. The molecule has 0 aliphatic heterocycles. The minimum atomic E-state index is -3.78. The van der Waals surface area contributed by atoms with Crippen LogP contribution >= 0.6 is 11.6 Å². The van der Waals surface area contributed by atoms with Gasteiger partial charge in [0, 0.05) is 17.1 Å². The molecule has 3 aromatic carbocycles. The first-order valence-corrected chi connectivity index (χ1v) is 11.6. The Morgan fingerprint density at radius 1 is 0.968 bits per heavy atom. The number of carbonyl (C=O) groups is 1. The quantitative estimate of drug-likeness (QED) is 0.429. The van der Waals surface area contributed by atoms with Crippen LogP contribution in [0.1, 0.15) is 18.4 Å². The molecule has 0 atom stereocenters. The van der Waals surface area contributed by atoms with Crippen LogP contribution in [0, 0.1) is 6.92 Å². The molecule has 0 aliphatic carbocycles. The molecule has 0 aromatic heterocycles. The number of para-hydroxylation sites is 1. The van der Waals surface area contributed by atoms with Crippen molar-refractivity contribution in [3.8, 4) is 5.75 Å².